The van der Waals surface area contributed by atoms with Crippen molar-refractivity contribution >= 4 is 5.78 Å². The average Bonchev–Trinajstić information content (AvgIpc) is 2.33. The zero-order valence-corrected chi connectivity index (χ0v) is 11.5. The standard InChI is InChI=1S/C15H27NO/c1-12-7-9-14(10-8-12)16(2)11-13-5-3-4-6-15(13)17/h12-14H,3-11H2,1-2H3. The van der Waals surface area contributed by atoms with Gasteiger partial charge in [0.1, 0.15) is 5.78 Å². The Bertz CT molecular complexity index is 256. The third-order valence-electron chi connectivity index (χ3n) is 4.80. The molecule has 0 N–H and O–H groups in total. The molecule has 0 aromatic rings. The first kappa shape index (κ1) is 13.1. The number of carbonyl (C=O) groups is 1. The Labute approximate surface area is 106 Å². The summed E-state index contributed by atoms with van der Waals surface area (Å²) in [5, 5.41) is 0. The molecule has 2 fully saturated rings. The summed E-state index contributed by atoms with van der Waals surface area (Å²) >= 11 is 0. The predicted molar refractivity (Wildman–Crippen MR) is 71.0 cm³/mol. The summed E-state index contributed by atoms with van der Waals surface area (Å²) in [5.74, 6) is 1.77. The number of hydrogen-bond donors (Lipinski definition) is 0. The molecule has 1 atom stereocenters. The van der Waals surface area contributed by atoms with Crippen molar-refractivity contribution in [3.8, 4) is 0 Å². The summed E-state index contributed by atoms with van der Waals surface area (Å²) in [7, 11) is 2.22. The Balaban J connectivity index is 1.79. The van der Waals surface area contributed by atoms with Gasteiger partial charge >= 0.3 is 0 Å². The van der Waals surface area contributed by atoms with Crippen molar-refractivity contribution in [3.63, 3.8) is 0 Å². The minimum atomic E-state index is 0.341. The van der Waals surface area contributed by atoms with Gasteiger partial charge in [-0.05, 0) is 51.5 Å². The minimum absolute atomic E-state index is 0.341. The Morgan fingerprint density at radius 3 is 2.47 bits per heavy atom. The molecule has 0 saturated heterocycles. The van der Waals surface area contributed by atoms with Crippen LogP contribution in [0.15, 0.2) is 0 Å². The van der Waals surface area contributed by atoms with Crippen LogP contribution in [0.25, 0.3) is 0 Å². The molecule has 0 aromatic heterocycles. The molecule has 0 amide bonds. The first-order valence-corrected chi connectivity index (χ1v) is 7.39. The van der Waals surface area contributed by atoms with Crippen molar-refractivity contribution < 1.29 is 4.79 Å². The van der Waals surface area contributed by atoms with Crippen LogP contribution in [0.1, 0.15) is 58.3 Å². The highest BCUT2D eigenvalue weighted by atomic mass is 16.1. The molecule has 1 unspecified atom stereocenters. The second-order valence-corrected chi connectivity index (χ2v) is 6.26. The number of Topliss-reactive ketones (excluding diaryl/α,β-unsaturated/α-hetero) is 1. The highest BCUT2D eigenvalue weighted by molar-refractivity contribution is 5.81. The zero-order valence-electron chi connectivity index (χ0n) is 11.5. The SMILES string of the molecule is CC1CCC(N(C)CC2CCCCC2=O)CC1. The summed E-state index contributed by atoms with van der Waals surface area (Å²) < 4.78 is 0. The van der Waals surface area contributed by atoms with E-state index in [1.165, 1.54) is 32.1 Å². The minimum Gasteiger partial charge on any atom is -0.303 e. The first-order valence-electron chi connectivity index (χ1n) is 7.39. The first-order chi connectivity index (χ1) is 8.16. The van der Waals surface area contributed by atoms with Gasteiger partial charge in [-0.1, -0.05) is 13.3 Å². The maximum absolute atomic E-state index is 11.8. The number of hydrogen-bond acceptors (Lipinski definition) is 2. The Morgan fingerprint density at radius 2 is 1.82 bits per heavy atom. The lowest BCUT2D eigenvalue weighted by molar-refractivity contribution is -0.125. The van der Waals surface area contributed by atoms with Gasteiger partial charge in [-0.3, -0.25) is 4.79 Å². The fourth-order valence-corrected chi connectivity index (χ4v) is 3.43. The Hall–Kier alpha value is -0.370. The maximum atomic E-state index is 11.8. The van der Waals surface area contributed by atoms with E-state index in [0.717, 1.165) is 37.8 Å². The molecule has 0 aliphatic heterocycles. The van der Waals surface area contributed by atoms with Crippen LogP contribution >= 0.6 is 0 Å². The number of nitrogens with zero attached hydrogens (tertiary/aromatic N) is 1. The van der Waals surface area contributed by atoms with E-state index in [1.807, 2.05) is 0 Å². The van der Waals surface area contributed by atoms with Crippen LogP contribution in [-0.2, 0) is 4.79 Å². The molecule has 2 heteroatoms. The van der Waals surface area contributed by atoms with Crippen molar-refractivity contribution in [1.82, 2.24) is 4.90 Å². The summed E-state index contributed by atoms with van der Waals surface area (Å²) in [6, 6.07) is 0.737. The van der Waals surface area contributed by atoms with E-state index in [-0.39, 0.29) is 0 Å². The molecule has 2 aliphatic rings. The molecule has 0 aromatic carbocycles. The predicted octanol–water partition coefficient (Wildman–Crippen LogP) is 3.26. The van der Waals surface area contributed by atoms with Gasteiger partial charge < -0.3 is 4.90 Å². The van der Waals surface area contributed by atoms with Crippen LogP contribution in [0.5, 0.6) is 0 Å². The van der Waals surface area contributed by atoms with E-state index in [9.17, 15) is 4.79 Å². The fourth-order valence-electron chi connectivity index (χ4n) is 3.43. The average molecular weight is 237 g/mol. The molecule has 0 heterocycles. The van der Waals surface area contributed by atoms with E-state index in [4.69, 9.17) is 0 Å². The van der Waals surface area contributed by atoms with Gasteiger partial charge in [0, 0.05) is 24.9 Å². The normalized spacial score (nSPS) is 35.2. The summed E-state index contributed by atoms with van der Waals surface area (Å²) in [6.45, 7) is 3.37. The smallest absolute Gasteiger partial charge is 0.137 e. The highest BCUT2D eigenvalue weighted by Crippen LogP contribution is 2.28. The van der Waals surface area contributed by atoms with Crippen LogP contribution in [0.3, 0.4) is 0 Å². The van der Waals surface area contributed by atoms with Gasteiger partial charge in [-0.25, -0.2) is 0 Å². The van der Waals surface area contributed by atoms with Crippen LogP contribution in [-0.4, -0.2) is 30.3 Å². The highest BCUT2D eigenvalue weighted by Gasteiger charge is 2.27. The number of rotatable bonds is 3. The Morgan fingerprint density at radius 1 is 1.12 bits per heavy atom. The third kappa shape index (κ3) is 3.54. The molecule has 0 radical (unpaired) electrons. The molecule has 2 nitrogen and oxygen atoms in total. The van der Waals surface area contributed by atoms with E-state index in [1.54, 1.807) is 0 Å². The van der Waals surface area contributed by atoms with Crippen LogP contribution in [0, 0.1) is 11.8 Å². The van der Waals surface area contributed by atoms with Crippen LogP contribution < -0.4 is 0 Å². The molecule has 98 valence electrons. The fraction of sp³-hybridized carbons (Fsp3) is 0.933. The topological polar surface area (TPSA) is 20.3 Å². The molecular formula is C15H27NO. The van der Waals surface area contributed by atoms with Gasteiger partial charge in [0.05, 0.1) is 0 Å². The summed E-state index contributed by atoms with van der Waals surface area (Å²) in [6.07, 6.45) is 9.75. The van der Waals surface area contributed by atoms with Gasteiger partial charge in [-0.2, -0.15) is 0 Å². The molecule has 0 bridgehead atoms. The van der Waals surface area contributed by atoms with Crippen LogP contribution in [0.4, 0.5) is 0 Å². The molecular weight excluding hydrogens is 210 g/mol. The second kappa shape index (κ2) is 5.99. The van der Waals surface area contributed by atoms with Crippen LogP contribution in [0.2, 0.25) is 0 Å². The molecule has 2 aliphatic carbocycles. The van der Waals surface area contributed by atoms with Gasteiger partial charge in [0.25, 0.3) is 0 Å². The van der Waals surface area contributed by atoms with Crippen molar-refractivity contribution in [1.29, 1.82) is 0 Å². The van der Waals surface area contributed by atoms with E-state index >= 15 is 0 Å². The lowest BCUT2D eigenvalue weighted by Crippen LogP contribution is -2.40. The molecule has 17 heavy (non-hydrogen) atoms. The Kier molecular flexibility index (Phi) is 4.61. The summed E-state index contributed by atoms with van der Waals surface area (Å²) in [5.41, 5.74) is 0. The summed E-state index contributed by atoms with van der Waals surface area (Å²) in [4.78, 5) is 14.3. The molecule has 2 saturated carbocycles. The monoisotopic (exact) mass is 237 g/mol. The quantitative estimate of drug-likeness (QED) is 0.751. The second-order valence-electron chi connectivity index (χ2n) is 6.26. The third-order valence-corrected chi connectivity index (χ3v) is 4.80. The van der Waals surface area contributed by atoms with E-state index in [2.05, 4.69) is 18.9 Å². The van der Waals surface area contributed by atoms with Gasteiger partial charge in [-0.15, -0.1) is 0 Å². The van der Waals surface area contributed by atoms with Gasteiger partial charge in [0.15, 0.2) is 0 Å². The lowest BCUT2D eigenvalue weighted by Gasteiger charge is -2.36. The number of ketones is 1. The van der Waals surface area contributed by atoms with Crippen molar-refractivity contribution in [2.24, 2.45) is 11.8 Å². The van der Waals surface area contributed by atoms with Crippen molar-refractivity contribution in [2.45, 2.75) is 64.3 Å². The van der Waals surface area contributed by atoms with E-state index < -0.39 is 0 Å². The molecule has 0 spiro atoms. The van der Waals surface area contributed by atoms with Crippen molar-refractivity contribution in [3.05, 3.63) is 0 Å². The molecule has 2 rings (SSSR count). The largest absolute Gasteiger partial charge is 0.303 e. The van der Waals surface area contributed by atoms with E-state index in [0.29, 0.717) is 11.7 Å². The lowest BCUT2D eigenvalue weighted by atomic mass is 9.84. The van der Waals surface area contributed by atoms with Gasteiger partial charge in [0.2, 0.25) is 0 Å². The maximum Gasteiger partial charge on any atom is 0.137 e. The van der Waals surface area contributed by atoms with Crippen molar-refractivity contribution in [2.75, 3.05) is 13.6 Å². The number of carbonyl (C=O) groups excluding carboxylic acids is 1. The zero-order chi connectivity index (χ0) is 12.3.